The van der Waals surface area contributed by atoms with Gasteiger partial charge in [-0.05, 0) is 58.4 Å². The predicted molar refractivity (Wildman–Crippen MR) is 84.3 cm³/mol. The highest BCUT2D eigenvalue weighted by Gasteiger charge is 2.58. The molecule has 2 heterocycles. The molecule has 2 saturated carbocycles. The van der Waals surface area contributed by atoms with Gasteiger partial charge in [0.2, 0.25) is 0 Å². The van der Waals surface area contributed by atoms with Crippen molar-refractivity contribution < 1.29 is 4.74 Å². The molecule has 0 aliphatic heterocycles. The van der Waals surface area contributed by atoms with E-state index in [1.165, 1.54) is 19.3 Å². The second-order valence-electron chi connectivity index (χ2n) is 6.95. The average molecular weight is 350 g/mol. The Morgan fingerprint density at radius 2 is 2.33 bits per heavy atom. The molecule has 0 spiro atoms. The number of hydrogen-bond donors (Lipinski definition) is 0. The number of halogens is 1. The molecule has 0 radical (unpaired) electrons. The van der Waals surface area contributed by atoms with Crippen LogP contribution in [0.2, 0.25) is 0 Å². The lowest BCUT2D eigenvalue weighted by Crippen LogP contribution is -2.26. The standard InChI is InChI=1S/C16H20BrN3O/c1-10-3-4-11(12-6-16(10,12)2)8-21-14-5-15-19-18-9-20(15)7-13(14)17/h5,7,9-12H,3-4,6,8H2,1-2H3/t10-,11-,12+,16?/m1/s1. The molecule has 112 valence electrons. The van der Waals surface area contributed by atoms with E-state index in [1.54, 1.807) is 6.33 Å². The van der Waals surface area contributed by atoms with E-state index >= 15 is 0 Å². The lowest BCUT2D eigenvalue weighted by molar-refractivity contribution is 0.140. The highest BCUT2D eigenvalue weighted by atomic mass is 79.9. The van der Waals surface area contributed by atoms with Crippen molar-refractivity contribution in [3.63, 3.8) is 0 Å². The number of hydrogen-bond acceptors (Lipinski definition) is 3. The molecular weight excluding hydrogens is 330 g/mol. The van der Waals surface area contributed by atoms with Gasteiger partial charge in [0, 0.05) is 12.3 Å². The Bertz CT molecular complexity index is 685. The van der Waals surface area contributed by atoms with Crippen molar-refractivity contribution in [2.24, 2.45) is 23.2 Å². The molecule has 2 aromatic rings. The van der Waals surface area contributed by atoms with Gasteiger partial charge in [-0.25, -0.2) is 0 Å². The maximum atomic E-state index is 6.10. The fourth-order valence-corrected chi connectivity index (χ4v) is 4.46. The number of fused-ring (bicyclic) bond motifs is 2. The molecule has 2 aromatic heterocycles. The van der Waals surface area contributed by atoms with E-state index in [0.717, 1.165) is 34.3 Å². The third-order valence-electron chi connectivity index (χ3n) is 5.81. The first kappa shape index (κ1) is 13.6. The minimum atomic E-state index is 0.584. The Balaban J connectivity index is 1.48. The van der Waals surface area contributed by atoms with E-state index in [9.17, 15) is 0 Å². The lowest BCUT2D eigenvalue weighted by atomic mass is 9.76. The van der Waals surface area contributed by atoms with Gasteiger partial charge in [0.15, 0.2) is 5.65 Å². The molecule has 21 heavy (non-hydrogen) atoms. The van der Waals surface area contributed by atoms with Gasteiger partial charge in [0.05, 0.1) is 11.1 Å². The summed E-state index contributed by atoms with van der Waals surface area (Å²) in [5.74, 6) is 3.30. The van der Waals surface area contributed by atoms with E-state index in [0.29, 0.717) is 11.3 Å². The molecule has 1 unspecified atom stereocenters. The molecule has 0 bridgehead atoms. The van der Waals surface area contributed by atoms with Gasteiger partial charge >= 0.3 is 0 Å². The summed E-state index contributed by atoms with van der Waals surface area (Å²) in [6.45, 7) is 5.68. The summed E-state index contributed by atoms with van der Waals surface area (Å²) < 4.78 is 8.95. The number of pyridine rings is 1. The Morgan fingerprint density at radius 3 is 3.19 bits per heavy atom. The normalized spacial score (nSPS) is 34.7. The molecular formula is C16H20BrN3O. The van der Waals surface area contributed by atoms with E-state index < -0.39 is 0 Å². The Morgan fingerprint density at radius 1 is 1.48 bits per heavy atom. The topological polar surface area (TPSA) is 39.4 Å². The van der Waals surface area contributed by atoms with Crippen molar-refractivity contribution in [3.8, 4) is 5.75 Å². The minimum Gasteiger partial charge on any atom is -0.492 e. The zero-order chi connectivity index (χ0) is 14.6. The van der Waals surface area contributed by atoms with E-state index in [-0.39, 0.29) is 0 Å². The third-order valence-corrected chi connectivity index (χ3v) is 6.41. The number of aromatic nitrogens is 3. The first-order valence-corrected chi connectivity index (χ1v) is 8.49. The summed E-state index contributed by atoms with van der Waals surface area (Å²) in [5, 5.41) is 7.98. The number of ether oxygens (including phenoxy) is 1. The van der Waals surface area contributed by atoms with Gasteiger partial charge < -0.3 is 4.74 Å². The highest BCUT2D eigenvalue weighted by Crippen LogP contribution is 2.65. The maximum Gasteiger partial charge on any atom is 0.164 e. The minimum absolute atomic E-state index is 0.584. The molecule has 0 saturated heterocycles. The fraction of sp³-hybridized carbons (Fsp3) is 0.625. The monoisotopic (exact) mass is 349 g/mol. The summed E-state index contributed by atoms with van der Waals surface area (Å²) >= 11 is 3.57. The van der Waals surface area contributed by atoms with E-state index in [2.05, 4.69) is 40.0 Å². The first-order valence-electron chi connectivity index (χ1n) is 7.69. The SMILES string of the molecule is C[C@@H]1CC[C@H](COc2cc3nncn3cc2Br)[C@@H]2CC12C. The van der Waals surface area contributed by atoms with Crippen LogP contribution < -0.4 is 4.74 Å². The van der Waals surface area contributed by atoms with Crippen LogP contribution in [0.15, 0.2) is 23.1 Å². The molecule has 2 fully saturated rings. The van der Waals surface area contributed by atoms with Crippen molar-refractivity contribution in [3.05, 3.63) is 23.1 Å². The maximum absolute atomic E-state index is 6.10. The van der Waals surface area contributed by atoms with Gasteiger partial charge in [0.25, 0.3) is 0 Å². The summed E-state index contributed by atoms with van der Waals surface area (Å²) in [5.41, 5.74) is 1.40. The van der Waals surface area contributed by atoms with Gasteiger partial charge in [-0.1, -0.05) is 13.8 Å². The quantitative estimate of drug-likeness (QED) is 0.842. The van der Waals surface area contributed by atoms with Gasteiger partial charge in [-0.2, -0.15) is 0 Å². The van der Waals surface area contributed by atoms with E-state index in [1.807, 2.05) is 16.7 Å². The zero-order valence-corrected chi connectivity index (χ0v) is 14.0. The fourth-order valence-electron chi connectivity index (χ4n) is 4.01. The number of rotatable bonds is 3. The number of nitrogens with zero attached hydrogens (tertiary/aromatic N) is 3. The van der Waals surface area contributed by atoms with Crippen LogP contribution in [0.25, 0.3) is 5.65 Å². The summed E-state index contributed by atoms with van der Waals surface area (Å²) in [6, 6.07) is 1.95. The lowest BCUT2D eigenvalue weighted by Gasteiger charge is -2.31. The smallest absolute Gasteiger partial charge is 0.164 e. The predicted octanol–water partition coefficient (Wildman–Crippen LogP) is 3.94. The summed E-state index contributed by atoms with van der Waals surface area (Å²) in [4.78, 5) is 0. The van der Waals surface area contributed by atoms with Crippen LogP contribution in [0.3, 0.4) is 0 Å². The molecule has 4 atom stereocenters. The second-order valence-corrected chi connectivity index (χ2v) is 7.80. The van der Waals surface area contributed by atoms with Crippen molar-refractivity contribution in [1.82, 2.24) is 14.6 Å². The summed E-state index contributed by atoms with van der Waals surface area (Å²) in [7, 11) is 0. The highest BCUT2D eigenvalue weighted by molar-refractivity contribution is 9.10. The molecule has 0 aromatic carbocycles. The Kier molecular flexibility index (Phi) is 3.03. The van der Waals surface area contributed by atoms with Crippen LogP contribution in [0.5, 0.6) is 5.75 Å². The second kappa shape index (κ2) is 4.70. The van der Waals surface area contributed by atoms with Crippen LogP contribution in [-0.4, -0.2) is 21.2 Å². The van der Waals surface area contributed by atoms with E-state index in [4.69, 9.17) is 4.74 Å². The van der Waals surface area contributed by atoms with Gasteiger partial charge in [0.1, 0.15) is 12.1 Å². The first-order chi connectivity index (χ1) is 10.1. The van der Waals surface area contributed by atoms with Crippen LogP contribution in [0.4, 0.5) is 0 Å². The van der Waals surface area contributed by atoms with Crippen molar-refractivity contribution in [2.45, 2.75) is 33.1 Å². The summed E-state index contributed by atoms with van der Waals surface area (Å²) in [6.07, 6.45) is 7.67. The van der Waals surface area contributed by atoms with Crippen molar-refractivity contribution >= 4 is 21.6 Å². The largest absolute Gasteiger partial charge is 0.492 e. The van der Waals surface area contributed by atoms with Crippen LogP contribution in [0.1, 0.15) is 33.1 Å². The molecule has 4 rings (SSSR count). The molecule has 5 heteroatoms. The average Bonchev–Trinajstić information content (AvgIpc) is 2.97. The molecule has 4 nitrogen and oxygen atoms in total. The zero-order valence-electron chi connectivity index (χ0n) is 12.4. The van der Waals surface area contributed by atoms with Crippen LogP contribution in [0, 0.1) is 23.2 Å². The third kappa shape index (κ3) is 2.17. The van der Waals surface area contributed by atoms with Gasteiger partial charge in [-0.15, -0.1) is 10.2 Å². The molecule has 2 aliphatic rings. The van der Waals surface area contributed by atoms with Crippen LogP contribution >= 0.6 is 15.9 Å². The van der Waals surface area contributed by atoms with Gasteiger partial charge in [-0.3, -0.25) is 4.40 Å². The van der Waals surface area contributed by atoms with Crippen LogP contribution in [-0.2, 0) is 0 Å². The van der Waals surface area contributed by atoms with Crippen molar-refractivity contribution in [1.29, 1.82) is 0 Å². The molecule has 0 amide bonds. The Labute approximate surface area is 133 Å². The molecule has 2 aliphatic carbocycles. The van der Waals surface area contributed by atoms with Crippen molar-refractivity contribution in [2.75, 3.05) is 6.61 Å². The Hall–Kier alpha value is -1.10. The molecule has 0 N–H and O–H groups in total.